The van der Waals surface area contributed by atoms with Crippen molar-refractivity contribution in [2.75, 3.05) is 5.88 Å². The minimum absolute atomic E-state index is 0.306. The first-order chi connectivity index (χ1) is 4.00. The molecule has 0 aliphatic heterocycles. The van der Waals surface area contributed by atoms with Gasteiger partial charge in [0.05, 0.1) is 6.23 Å². The first-order valence-corrected chi connectivity index (χ1v) is 2.75. The van der Waals surface area contributed by atoms with Crippen molar-refractivity contribution >= 4 is 17.6 Å². The van der Waals surface area contributed by atoms with Crippen molar-refractivity contribution in [3.8, 4) is 0 Å². The summed E-state index contributed by atoms with van der Waals surface area (Å²) in [7, 11) is 0. The molecule has 0 aromatic carbocycles. The van der Waals surface area contributed by atoms with Gasteiger partial charge in [-0.3, -0.25) is 4.79 Å². The molecule has 1 unspecified atom stereocenters. The molecule has 0 radical (unpaired) electrons. The molecule has 0 aliphatic rings. The van der Waals surface area contributed by atoms with E-state index in [9.17, 15) is 4.79 Å². The maximum atomic E-state index is 9.24. The standard InChI is InChI=1S/C2H3ClO2.C2H7NO/c3-1-2(4)5;1-2(3)4/h1H2,(H,4,5);2,4H,3H2,1H3. The van der Waals surface area contributed by atoms with Crippen LogP contribution in [-0.4, -0.2) is 28.3 Å². The van der Waals surface area contributed by atoms with Gasteiger partial charge in [0, 0.05) is 0 Å². The molecule has 56 valence electrons. The van der Waals surface area contributed by atoms with Crippen LogP contribution in [0.4, 0.5) is 0 Å². The molecule has 0 fully saturated rings. The van der Waals surface area contributed by atoms with Crippen LogP contribution in [0.2, 0.25) is 0 Å². The maximum Gasteiger partial charge on any atom is 0.318 e. The number of alkyl halides is 1. The smallest absolute Gasteiger partial charge is 0.318 e. The third-order valence-electron chi connectivity index (χ3n) is 0.114. The highest BCUT2D eigenvalue weighted by molar-refractivity contribution is 6.26. The van der Waals surface area contributed by atoms with Crippen molar-refractivity contribution in [2.45, 2.75) is 13.2 Å². The summed E-state index contributed by atoms with van der Waals surface area (Å²) >= 11 is 4.74. The molecule has 0 spiro atoms. The molecule has 4 nitrogen and oxygen atoms in total. The number of aliphatic carboxylic acids is 1. The van der Waals surface area contributed by atoms with Crippen LogP contribution in [-0.2, 0) is 4.79 Å². The topological polar surface area (TPSA) is 83.5 Å². The SMILES string of the molecule is CC(N)O.O=C(O)CCl. The first-order valence-electron chi connectivity index (χ1n) is 2.22. The van der Waals surface area contributed by atoms with Gasteiger partial charge in [-0.15, -0.1) is 11.6 Å². The fourth-order valence-corrected chi connectivity index (χ4v) is 0. The van der Waals surface area contributed by atoms with Gasteiger partial charge in [0.2, 0.25) is 0 Å². The Labute approximate surface area is 58.2 Å². The lowest BCUT2D eigenvalue weighted by molar-refractivity contribution is -0.134. The molecule has 5 heteroatoms. The van der Waals surface area contributed by atoms with E-state index in [-0.39, 0.29) is 5.88 Å². The Kier molecular flexibility index (Phi) is 9.79. The molecule has 1 atom stereocenters. The molecule has 0 heterocycles. The highest BCUT2D eigenvalue weighted by Crippen LogP contribution is 1.67. The summed E-state index contributed by atoms with van der Waals surface area (Å²) in [6.45, 7) is 1.50. The van der Waals surface area contributed by atoms with Gasteiger partial charge in [0.25, 0.3) is 0 Å². The number of aliphatic hydroxyl groups is 1. The van der Waals surface area contributed by atoms with Gasteiger partial charge < -0.3 is 15.9 Å². The molecule has 0 amide bonds. The second-order valence-corrected chi connectivity index (χ2v) is 1.54. The number of carboxylic acid groups (broad SMARTS) is 1. The summed E-state index contributed by atoms with van der Waals surface area (Å²) < 4.78 is 0. The number of carboxylic acids is 1. The van der Waals surface area contributed by atoms with E-state index in [0.29, 0.717) is 0 Å². The van der Waals surface area contributed by atoms with E-state index in [1.165, 1.54) is 6.92 Å². The van der Waals surface area contributed by atoms with Gasteiger partial charge in [-0.1, -0.05) is 0 Å². The Balaban J connectivity index is 0. The minimum atomic E-state index is -0.980. The Morgan fingerprint density at radius 1 is 1.89 bits per heavy atom. The Morgan fingerprint density at radius 3 is 2.00 bits per heavy atom. The maximum absolute atomic E-state index is 9.24. The van der Waals surface area contributed by atoms with Crippen LogP contribution in [0.1, 0.15) is 6.92 Å². The third-order valence-corrected chi connectivity index (χ3v) is 0.343. The predicted molar refractivity (Wildman–Crippen MR) is 34.2 cm³/mol. The zero-order chi connectivity index (χ0) is 7.86. The Morgan fingerprint density at radius 2 is 2.00 bits per heavy atom. The molecule has 0 saturated carbocycles. The number of aliphatic hydroxyl groups excluding tert-OH is 1. The van der Waals surface area contributed by atoms with Crippen LogP contribution in [0.3, 0.4) is 0 Å². The van der Waals surface area contributed by atoms with Crippen molar-refractivity contribution in [3.05, 3.63) is 0 Å². The molecule has 0 saturated heterocycles. The molecule has 0 bridgehead atoms. The molecule has 0 aromatic heterocycles. The van der Waals surface area contributed by atoms with Crippen LogP contribution < -0.4 is 5.73 Å². The first kappa shape index (κ1) is 11.5. The van der Waals surface area contributed by atoms with E-state index in [2.05, 4.69) is 5.73 Å². The van der Waals surface area contributed by atoms with Crippen molar-refractivity contribution in [3.63, 3.8) is 0 Å². The number of rotatable bonds is 1. The Bertz CT molecular complexity index is 73.5. The largest absolute Gasteiger partial charge is 0.480 e. The molecule has 0 rings (SSSR count). The van der Waals surface area contributed by atoms with Gasteiger partial charge in [0.15, 0.2) is 0 Å². The quantitative estimate of drug-likeness (QED) is 0.355. The lowest BCUT2D eigenvalue weighted by atomic mass is 10.7. The summed E-state index contributed by atoms with van der Waals surface area (Å²) in [4.78, 5) is 9.24. The van der Waals surface area contributed by atoms with Crippen molar-refractivity contribution in [1.29, 1.82) is 0 Å². The molecular weight excluding hydrogens is 146 g/mol. The Hall–Kier alpha value is -0.320. The molecule has 0 aromatic rings. The van der Waals surface area contributed by atoms with E-state index in [1.54, 1.807) is 0 Å². The molecule has 4 N–H and O–H groups in total. The van der Waals surface area contributed by atoms with Crippen LogP contribution in [0.15, 0.2) is 0 Å². The van der Waals surface area contributed by atoms with E-state index in [4.69, 9.17) is 21.8 Å². The zero-order valence-corrected chi connectivity index (χ0v) is 5.80. The summed E-state index contributed by atoms with van der Waals surface area (Å²) in [6.07, 6.45) is -0.667. The van der Waals surface area contributed by atoms with Gasteiger partial charge >= 0.3 is 5.97 Å². The normalized spacial score (nSPS) is 11.1. The molecule has 0 aliphatic carbocycles. The number of hydrogen-bond acceptors (Lipinski definition) is 3. The van der Waals surface area contributed by atoms with Crippen LogP contribution >= 0.6 is 11.6 Å². The van der Waals surface area contributed by atoms with Crippen LogP contribution in [0, 0.1) is 0 Å². The van der Waals surface area contributed by atoms with E-state index in [1.807, 2.05) is 0 Å². The van der Waals surface area contributed by atoms with Crippen molar-refractivity contribution < 1.29 is 15.0 Å². The van der Waals surface area contributed by atoms with E-state index < -0.39 is 12.2 Å². The van der Waals surface area contributed by atoms with Crippen molar-refractivity contribution in [1.82, 2.24) is 0 Å². The van der Waals surface area contributed by atoms with Gasteiger partial charge in [-0.05, 0) is 6.92 Å². The summed E-state index contributed by atoms with van der Waals surface area (Å²) in [5, 5.41) is 15.4. The fourth-order valence-electron chi connectivity index (χ4n) is 0. The van der Waals surface area contributed by atoms with E-state index >= 15 is 0 Å². The summed E-state index contributed by atoms with van der Waals surface area (Å²) in [5.41, 5.74) is 4.67. The summed E-state index contributed by atoms with van der Waals surface area (Å²) in [6, 6.07) is 0. The summed E-state index contributed by atoms with van der Waals surface area (Å²) in [5.74, 6) is -1.29. The minimum Gasteiger partial charge on any atom is -0.480 e. The fraction of sp³-hybridized carbons (Fsp3) is 0.750. The van der Waals surface area contributed by atoms with Crippen LogP contribution in [0.5, 0.6) is 0 Å². The monoisotopic (exact) mass is 155 g/mol. The second kappa shape index (κ2) is 7.68. The lowest BCUT2D eigenvalue weighted by Gasteiger charge is -1.82. The predicted octanol–water partition coefficient (Wildman–Crippen LogP) is -0.407. The number of nitrogens with two attached hydrogens (primary N) is 1. The number of hydrogen-bond donors (Lipinski definition) is 3. The number of carbonyl (C=O) groups is 1. The highest BCUT2D eigenvalue weighted by Gasteiger charge is 1.83. The van der Waals surface area contributed by atoms with Crippen LogP contribution in [0.25, 0.3) is 0 Å². The third kappa shape index (κ3) is 87.8. The molecule has 9 heavy (non-hydrogen) atoms. The second-order valence-electron chi connectivity index (χ2n) is 1.27. The molecular formula is C4H10ClNO3. The lowest BCUT2D eigenvalue weighted by Crippen LogP contribution is -2.11. The number of halogens is 1. The van der Waals surface area contributed by atoms with Crippen molar-refractivity contribution in [2.24, 2.45) is 5.73 Å². The van der Waals surface area contributed by atoms with Gasteiger partial charge in [-0.2, -0.15) is 0 Å². The van der Waals surface area contributed by atoms with Gasteiger partial charge in [0.1, 0.15) is 5.88 Å². The van der Waals surface area contributed by atoms with E-state index in [0.717, 1.165) is 0 Å². The average Bonchev–Trinajstić information content (AvgIpc) is 1.65. The highest BCUT2D eigenvalue weighted by atomic mass is 35.5. The average molecular weight is 156 g/mol. The zero-order valence-electron chi connectivity index (χ0n) is 5.04. The van der Waals surface area contributed by atoms with Gasteiger partial charge in [-0.25, -0.2) is 0 Å².